The van der Waals surface area contributed by atoms with Crippen LogP contribution in [0.4, 0.5) is 0 Å². The van der Waals surface area contributed by atoms with Crippen molar-refractivity contribution < 1.29 is 0 Å². The molecule has 2 heteroatoms. The molecule has 3 aliphatic rings. The molecule has 0 spiro atoms. The molecule has 1 aromatic heterocycles. The average molecular weight is 503 g/mol. The molecule has 0 amide bonds. The van der Waals surface area contributed by atoms with Crippen LogP contribution in [0.15, 0.2) is 132 Å². The van der Waals surface area contributed by atoms with Crippen LogP contribution < -0.4 is 0 Å². The minimum atomic E-state index is -0.326. The molecule has 2 heterocycles. The fourth-order valence-electron chi connectivity index (χ4n) is 6.12. The Labute approximate surface area is 230 Å². The monoisotopic (exact) mass is 502 g/mol. The molecule has 2 aliphatic carbocycles. The molecule has 0 saturated heterocycles. The van der Waals surface area contributed by atoms with Crippen LogP contribution in [-0.4, -0.2) is 10.7 Å². The van der Waals surface area contributed by atoms with Gasteiger partial charge in [0.2, 0.25) is 0 Å². The van der Waals surface area contributed by atoms with Gasteiger partial charge in [0, 0.05) is 16.5 Å². The second-order valence-corrected chi connectivity index (χ2v) is 10.7. The number of aliphatic imine (C=N–C) groups is 1. The summed E-state index contributed by atoms with van der Waals surface area (Å²) in [5, 5.41) is 0. The Morgan fingerprint density at radius 3 is 2.13 bits per heavy atom. The van der Waals surface area contributed by atoms with Crippen LogP contribution in [0.25, 0.3) is 28.5 Å². The molecule has 4 aromatic rings. The first-order valence-corrected chi connectivity index (χ1v) is 13.8. The van der Waals surface area contributed by atoms with E-state index in [1.807, 2.05) is 0 Å². The summed E-state index contributed by atoms with van der Waals surface area (Å²) in [5.41, 5.74) is 11.3. The Balaban J connectivity index is 1.49. The largest absolute Gasteiger partial charge is 0.274 e. The Morgan fingerprint density at radius 1 is 0.795 bits per heavy atom. The standard InChI is InChI=1S/C37H30N2/c1-37-23-22-30-31(26-14-6-2-7-15-26)24-33(28-18-10-4-11-19-28)38-35(30)36(37)39-34(29-20-12-5-13-21-29)25-32(37)27-16-8-3-9-17-27/h2-6,8-14,16-25,36H,7,15H2,1H3/t36-,37?/m0/s1. The van der Waals surface area contributed by atoms with E-state index in [9.17, 15) is 0 Å². The van der Waals surface area contributed by atoms with Gasteiger partial charge in [0.05, 0.1) is 17.1 Å². The summed E-state index contributed by atoms with van der Waals surface area (Å²) in [7, 11) is 0. The van der Waals surface area contributed by atoms with Crippen molar-refractivity contribution >= 4 is 22.9 Å². The van der Waals surface area contributed by atoms with Gasteiger partial charge in [0.15, 0.2) is 0 Å². The molecule has 2 atom stereocenters. The lowest BCUT2D eigenvalue weighted by Crippen LogP contribution is -2.32. The van der Waals surface area contributed by atoms with Crippen LogP contribution in [0.1, 0.15) is 53.8 Å². The summed E-state index contributed by atoms with van der Waals surface area (Å²) in [6.07, 6.45) is 15.8. The van der Waals surface area contributed by atoms with Gasteiger partial charge in [-0.25, -0.2) is 4.98 Å². The number of aromatic nitrogens is 1. The molecule has 3 aromatic carbocycles. The van der Waals surface area contributed by atoms with Gasteiger partial charge in [0.25, 0.3) is 0 Å². The van der Waals surface area contributed by atoms with E-state index in [1.165, 1.54) is 27.8 Å². The van der Waals surface area contributed by atoms with Crippen molar-refractivity contribution in [2.75, 3.05) is 0 Å². The summed E-state index contributed by atoms with van der Waals surface area (Å²) in [6, 6.07) is 34.0. The average Bonchev–Trinajstić information content (AvgIpc) is 3.01. The lowest BCUT2D eigenvalue weighted by atomic mass is 9.66. The van der Waals surface area contributed by atoms with Crippen LogP contribution in [0.2, 0.25) is 0 Å². The predicted octanol–water partition coefficient (Wildman–Crippen LogP) is 9.14. The molecule has 0 N–H and O–H groups in total. The van der Waals surface area contributed by atoms with E-state index >= 15 is 0 Å². The normalized spacial score (nSPS) is 21.4. The topological polar surface area (TPSA) is 25.2 Å². The molecule has 0 saturated carbocycles. The summed E-state index contributed by atoms with van der Waals surface area (Å²) in [5.74, 6) is 0. The molecule has 1 aliphatic heterocycles. The number of allylic oxidation sites excluding steroid dienone is 5. The molecule has 39 heavy (non-hydrogen) atoms. The van der Waals surface area contributed by atoms with Crippen molar-refractivity contribution in [1.29, 1.82) is 0 Å². The fourth-order valence-corrected chi connectivity index (χ4v) is 6.12. The van der Waals surface area contributed by atoms with E-state index in [1.54, 1.807) is 0 Å². The Morgan fingerprint density at radius 2 is 1.46 bits per heavy atom. The zero-order valence-electron chi connectivity index (χ0n) is 22.1. The van der Waals surface area contributed by atoms with Crippen LogP contribution in [-0.2, 0) is 0 Å². The second-order valence-electron chi connectivity index (χ2n) is 10.7. The summed E-state index contributed by atoms with van der Waals surface area (Å²) in [4.78, 5) is 10.9. The molecular weight excluding hydrogens is 472 g/mol. The van der Waals surface area contributed by atoms with Crippen LogP contribution in [0.5, 0.6) is 0 Å². The van der Waals surface area contributed by atoms with Gasteiger partial charge in [-0.2, -0.15) is 0 Å². The van der Waals surface area contributed by atoms with E-state index in [4.69, 9.17) is 9.98 Å². The van der Waals surface area contributed by atoms with Crippen molar-refractivity contribution in [3.63, 3.8) is 0 Å². The number of benzene rings is 3. The van der Waals surface area contributed by atoms with Gasteiger partial charge in [-0.3, -0.25) is 4.99 Å². The number of nitrogens with zero attached hydrogens (tertiary/aromatic N) is 2. The minimum Gasteiger partial charge on any atom is -0.274 e. The predicted molar refractivity (Wildman–Crippen MR) is 163 cm³/mol. The van der Waals surface area contributed by atoms with Crippen LogP contribution >= 0.6 is 0 Å². The Kier molecular flexibility index (Phi) is 5.82. The summed E-state index contributed by atoms with van der Waals surface area (Å²) in [6.45, 7) is 2.32. The van der Waals surface area contributed by atoms with Crippen molar-refractivity contribution in [3.8, 4) is 11.3 Å². The lowest BCUT2D eigenvalue weighted by Gasteiger charge is -2.42. The first-order valence-electron chi connectivity index (χ1n) is 13.8. The van der Waals surface area contributed by atoms with Crippen LogP contribution in [0.3, 0.4) is 0 Å². The highest BCUT2D eigenvalue weighted by molar-refractivity contribution is 6.14. The number of fused-ring (bicyclic) bond motifs is 3. The molecule has 188 valence electrons. The molecular formula is C37H30N2. The fraction of sp³-hybridized carbons (Fsp3) is 0.135. The van der Waals surface area contributed by atoms with Gasteiger partial charge >= 0.3 is 0 Å². The van der Waals surface area contributed by atoms with E-state index in [0.717, 1.165) is 41.1 Å². The van der Waals surface area contributed by atoms with Gasteiger partial charge in [0.1, 0.15) is 6.04 Å². The highest BCUT2D eigenvalue weighted by atomic mass is 14.9. The molecule has 0 bridgehead atoms. The van der Waals surface area contributed by atoms with Gasteiger partial charge in [-0.1, -0.05) is 121 Å². The Hall–Kier alpha value is -4.56. The first-order chi connectivity index (χ1) is 19.2. The summed E-state index contributed by atoms with van der Waals surface area (Å²) >= 11 is 0. The molecule has 1 unspecified atom stereocenters. The maximum absolute atomic E-state index is 5.48. The number of rotatable bonds is 4. The van der Waals surface area contributed by atoms with Gasteiger partial charge in [-0.15, -0.1) is 0 Å². The zero-order chi connectivity index (χ0) is 26.2. The van der Waals surface area contributed by atoms with E-state index in [-0.39, 0.29) is 11.5 Å². The van der Waals surface area contributed by atoms with E-state index in [2.05, 4.69) is 140 Å². The number of hydrogen-bond donors (Lipinski definition) is 0. The number of hydrogen-bond acceptors (Lipinski definition) is 2. The zero-order valence-corrected chi connectivity index (χ0v) is 22.1. The van der Waals surface area contributed by atoms with Crippen molar-refractivity contribution in [2.24, 2.45) is 10.4 Å². The third-order valence-electron chi connectivity index (χ3n) is 8.22. The third-order valence-corrected chi connectivity index (χ3v) is 8.22. The van der Waals surface area contributed by atoms with Gasteiger partial charge in [-0.05, 0) is 59.7 Å². The van der Waals surface area contributed by atoms with E-state index in [0.29, 0.717) is 0 Å². The first kappa shape index (κ1) is 23.5. The second kappa shape index (κ2) is 9.63. The van der Waals surface area contributed by atoms with E-state index < -0.39 is 0 Å². The maximum atomic E-state index is 5.48. The van der Waals surface area contributed by atoms with Crippen molar-refractivity contribution in [1.82, 2.24) is 4.98 Å². The van der Waals surface area contributed by atoms with Crippen molar-refractivity contribution in [2.45, 2.75) is 25.8 Å². The third kappa shape index (κ3) is 4.13. The maximum Gasteiger partial charge on any atom is 0.106 e. The highest BCUT2D eigenvalue weighted by Crippen LogP contribution is 2.55. The minimum absolute atomic E-state index is 0.143. The molecule has 2 nitrogen and oxygen atoms in total. The smallest absolute Gasteiger partial charge is 0.106 e. The number of dihydropyridines is 1. The molecule has 0 radical (unpaired) electrons. The van der Waals surface area contributed by atoms with Crippen LogP contribution in [0, 0.1) is 5.41 Å². The quantitative estimate of drug-likeness (QED) is 0.273. The molecule has 7 rings (SSSR count). The SMILES string of the molecule is CC12C=Cc3c(C4=CC=CCC4)cc(-c4ccccc4)nc3[C@@H]1N=C(c1ccccc1)C=C2c1ccccc1. The highest BCUT2D eigenvalue weighted by Gasteiger charge is 2.44. The lowest BCUT2D eigenvalue weighted by molar-refractivity contribution is 0.438. The van der Waals surface area contributed by atoms with Gasteiger partial charge < -0.3 is 0 Å². The Bertz CT molecular complexity index is 1690. The van der Waals surface area contributed by atoms with Crippen molar-refractivity contribution in [3.05, 3.63) is 155 Å². The molecule has 0 fully saturated rings. The number of pyridine rings is 1. The summed E-state index contributed by atoms with van der Waals surface area (Å²) < 4.78 is 0.